The van der Waals surface area contributed by atoms with Gasteiger partial charge in [0.15, 0.2) is 0 Å². The van der Waals surface area contributed by atoms with Crippen LogP contribution in [0.2, 0.25) is 0 Å². The zero-order chi connectivity index (χ0) is 13.0. The SMILES string of the molecule is CCCNC1Cc2ccccc2C(NC(C)=O)C1. The van der Waals surface area contributed by atoms with Gasteiger partial charge in [-0.25, -0.2) is 0 Å². The maximum absolute atomic E-state index is 11.3. The van der Waals surface area contributed by atoms with E-state index >= 15 is 0 Å². The molecule has 0 aliphatic heterocycles. The van der Waals surface area contributed by atoms with E-state index in [9.17, 15) is 4.79 Å². The number of hydrogen-bond donors (Lipinski definition) is 2. The Labute approximate surface area is 109 Å². The molecule has 0 aromatic heterocycles. The molecular weight excluding hydrogens is 224 g/mol. The Bertz CT molecular complexity index is 417. The van der Waals surface area contributed by atoms with Crippen LogP contribution in [0.15, 0.2) is 24.3 Å². The van der Waals surface area contributed by atoms with Crippen molar-refractivity contribution in [2.75, 3.05) is 6.54 Å². The second kappa shape index (κ2) is 6.01. The van der Waals surface area contributed by atoms with Crippen molar-refractivity contribution in [3.05, 3.63) is 35.4 Å². The summed E-state index contributed by atoms with van der Waals surface area (Å²) in [5.74, 6) is 0.0472. The van der Waals surface area contributed by atoms with Gasteiger partial charge in [-0.1, -0.05) is 31.2 Å². The lowest BCUT2D eigenvalue weighted by atomic mass is 9.84. The standard InChI is InChI=1S/C15H22N2O/c1-3-8-16-13-9-12-6-4-5-7-14(12)15(10-13)17-11(2)18/h4-7,13,15-16H,3,8-10H2,1-2H3,(H,17,18). The molecule has 1 aliphatic rings. The molecule has 3 heteroatoms. The zero-order valence-corrected chi connectivity index (χ0v) is 11.2. The molecule has 0 saturated carbocycles. The summed E-state index contributed by atoms with van der Waals surface area (Å²) in [7, 11) is 0. The molecule has 98 valence electrons. The summed E-state index contributed by atoms with van der Waals surface area (Å²) in [4.78, 5) is 11.3. The summed E-state index contributed by atoms with van der Waals surface area (Å²) in [5, 5.41) is 6.63. The van der Waals surface area contributed by atoms with Gasteiger partial charge >= 0.3 is 0 Å². The lowest BCUT2D eigenvalue weighted by Gasteiger charge is -2.32. The first-order chi connectivity index (χ1) is 8.70. The summed E-state index contributed by atoms with van der Waals surface area (Å²) in [6, 6.07) is 9.05. The Balaban J connectivity index is 2.15. The fourth-order valence-corrected chi connectivity index (χ4v) is 2.71. The number of fused-ring (bicyclic) bond motifs is 1. The Morgan fingerprint density at radius 2 is 2.17 bits per heavy atom. The minimum absolute atomic E-state index is 0.0472. The van der Waals surface area contributed by atoms with Crippen LogP contribution < -0.4 is 10.6 Å². The molecular formula is C15H22N2O. The highest BCUT2D eigenvalue weighted by atomic mass is 16.1. The third kappa shape index (κ3) is 3.10. The topological polar surface area (TPSA) is 41.1 Å². The normalized spacial score (nSPS) is 22.3. The second-order valence-electron chi connectivity index (χ2n) is 5.04. The molecule has 1 aliphatic carbocycles. The number of carbonyl (C=O) groups is 1. The molecule has 3 nitrogen and oxygen atoms in total. The maximum Gasteiger partial charge on any atom is 0.217 e. The van der Waals surface area contributed by atoms with E-state index in [4.69, 9.17) is 0 Å². The zero-order valence-electron chi connectivity index (χ0n) is 11.2. The quantitative estimate of drug-likeness (QED) is 0.855. The average molecular weight is 246 g/mol. The highest BCUT2D eigenvalue weighted by Crippen LogP contribution is 2.29. The van der Waals surface area contributed by atoms with Gasteiger partial charge in [0.25, 0.3) is 0 Å². The molecule has 18 heavy (non-hydrogen) atoms. The minimum atomic E-state index is 0.0472. The lowest BCUT2D eigenvalue weighted by molar-refractivity contribution is -0.119. The van der Waals surface area contributed by atoms with Gasteiger partial charge in [0, 0.05) is 13.0 Å². The van der Waals surface area contributed by atoms with Gasteiger partial charge in [-0.2, -0.15) is 0 Å². The molecule has 2 rings (SSSR count). The van der Waals surface area contributed by atoms with Crippen molar-refractivity contribution in [1.29, 1.82) is 0 Å². The summed E-state index contributed by atoms with van der Waals surface area (Å²) in [6.07, 6.45) is 3.19. The van der Waals surface area contributed by atoms with Gasteiger partial charge < -0.3 is 10.6 Å². The van der Waals surface area contributed by atoms with Crippen molar-refractivity contribution < 1.29 is 4.79 Å². The first-order valence-electron chi connectivity index (χ1n) is 6.79. The Morgan fingerprint density at radius 3 is 2.89 bits per heavy atom. The van der Waals surface area contributed by atoms with Crippen molar-refractivity contribution in [3.63, 3.8) is 0 Å². The Hall–Kier alpha value is -1.35. The van der Waals surface area contributed by atoms with Gasteiger partial charge in [-0.3, -0.25) is 4.79 Å². The smallest absolute Gasteiger partial charge is 0.217 e. The maximum atomic E-state index is 11.3. The van der Waals surface area contributed by atoms with Crippen LogP contribution in [-0.4, -0.2) is 18.5 Å². The number of rotatable bonds is 4. The minimum Gasteiger partial charge on any atom is -0.349 e. The van der Waals surface area contributed by atoms with Crippen molar-refractivity contribution in [1.82, 2.24) is 10.6 Å². The van der Waals surface area contributed by atoms with E-state index in [0.717, 1.165) is 25.8 Å². The van der Waals surface area contributed by atoms with Crippen LogP contribution in [0.1, 0.15) is 43.9 Å². The first kappa shape index (κ1) is 13.1. The Morgan fingerprint density at radius 1 is 1.39 bits per heavy atom. The van der Waals surface area contributed by atoms with E-state index in [2.05, 4.69) is 35.8 Å². The van der Waals surface area contributed by atoms with Gasteiger partial charge in [0.1, 0.15) is 0 Å². The number of carbonyl (C=O) groups excluding carboxylic acids is 1. The summed E-state index contributed by atoms with van der Waals surface area (Å²) in [6.45, 7) is 4.81. The third-order valence-electron chi connectivity index (χ3n) is 3.48. The van der Waals surface area contributed by atoms with E-state index in [1.54, 1.807) is 6.92 Å². The molecule has 0 bridgehead atoms. The van der Waals surface area contributed by atoms with E-state index < -0.39 is 0 Å². The number of benzene rings is 1. The second-order valence-corrected chi connectivity index (χ2v) is 5.04. The van der Waals surface area contributed by atoms with E-state index in [1.165, 1.54) is 11.1 Å². The number of hydrogen-bond acceptors (Lipinski definition) is 2. The van der Waals surface area contributed by atoms with Crippen LogP contribution in [0.5, 0.6) is 0 Å². The van der Waals surface area contributed by atoms with Gasteiger partial charge in [0.05, 0.1) is 6.04 Å². The van der Waals surface area contributed by atoms with Crippen LogP contribution in [0, 0.1) is 0 Å². The molecule has 0 heterocycles. The summed E-state index contributed by atoms with van der Waals surface area (Å²) >= 11 is 0. The van der Waals surface area contributed by atoms with E-state index in [-0.39, 0.29) is 11.9 Å². The summed E-state index contributed by atoms with van der Waals surface area (Å²) in [5.41, 5.74) is 2.64. The molecule has 2 N–H and O–H groups in total. The van der Waals surface area contributed by atoms with Gasteiger partial charge in [0.2, 0.25) is 5.91 Å². The van der Waals surface area contributed by atoms with Crippen LogP contribution in [0.25, 0.3) is 0 Å². The average Bonchev–Trinajstić information content (AvgIpc) is 2.35. The first-order valence-corrected chi connectivity index (χ1v) is 6.79. The van der Waals surface area contributed by atoms with Crippen molar-refractivity contribution >= 4 is 5.91 Å². The van der Waals surface area contributed by atoms with Crippen LogP contribution in [0.4, 0.5) is 0 Å². The molecule has 2 atom stereocenters. The molecule has 1 aromatic carbocycles. The predicted molar refractivity (Wildman–Crippen MR) is 73.4 cm³/mol. The monoisotopic (exact) mass is 246 g/mol. The molecule has 0 fully saturated rings. The van der Waals surface area contributed by atoms with Crippen molar-refractivity contribution in [3.8, 4) is 0 Å². The Kier molecular flexibility index (Phi) is 4.37. The molecule has 0 spiro atoms. The third-order valence-corrected chi connectivity index (χ3v) is 3.48. The lowest BCUT2D eigenvalue weighted by Crippen LogP contribution is -2.41. The molecule has 0 saturated heterocycles. The van der Waals surface area contributed by atoms with Gasteiger partial charge in [-0.15, -0.1) is 0 Å². The van der Waals surface area contributed by atoms with Crippen molar-refractivity contribution in [2.45, 2.75) is 45.2 Å². The molecule has 0 radical (unpaired) electrons. The van der Waals surface area contributed by atoms with Crippen LogP contribution in [-0.2, 0) is 11.2 Å². The molecule has 2 unspecified atom stereocenters. The number of nitrogens with one attached hydrogen (secondary N) is 2. The van der Waals surface area contributed by atoms with Crippen LogP contribution in [0.3, 0.4) is 0 Å². The van der Waals surface area contributed by atoms with E-state index in [1.807, 2.05) is 6.07 Å². The van der Waals surface area contributed by atoms with Crippen molar-refractivity contribution in [2.24, 2.45) is 0 Å². The fraction of sp³-hybridized carbons (Fsp3) is 0.533. The predicted octanol–water partition coefficient (Wildman–Crippen LogP) is 2.18. The highest BCUT2D eigenvalue weighted by molar-refractivity contribution is 5.73. The molecule has 1 aromatic rings. The molecule has 1 amide bonds. The van der Waals surface area contributed by atoms with Gasteiger partial charge in [-0.05, 0) is 36.9 Å². The number of amides is 1. The highest BCUT2D eigenvalue weighted by Gasteiger charge is 2.26. The fourth-order valence-electron chi connectivity index (χ4n) is 2.71. The largest absolute Gasteiger partial charge is 0.349 e. The van der Waals surface area contributed by atoms with E-state index in [0.29, 0.717) is 6.04 Å². The summed E-state index contributed by atoms with van der Waals surface area (Å²) < 4.78 is 0. The van der Waals surface area contributed by atoms with Crippen LogP contribution >= 0.6 is 0 Å².